The maximum Gasteiger partial charge on any atom is 0.271 e. The molecule has 5 heteroatoms. The van der Waals surface area contributed by atoms with Crippen LogP contribution in [0.1, 0.15) is 32.8 Å². The molecule has 0 aliphatic carbocycles. The Hall–Kier alpha value is -2.14. The van der Waals surface area contributed by atoms with Crippen LogP contribution in [0.2, 0.25) is 0 Å². The van der Waals surface area contributed by atoms with E-state index in [0.717, 1.165) is 17.7 Å². The van der Waals surface area contributed by atoms with Gasteiger partial charge < -0.3 is 10.5 Å². The molecule has 1 heterocycles. The average Bonchev–Trinajstić information content (AvgIpc) is 2.47. The van der Waals surface area contributed by atoms with Crippen molar-refractivity contribution in [1.29, 1.82) is 0 Å². The fourth-order valence-electron chi connectivity index (χ4n) is 2.18. The summed E-state index contributed by atoms with van der Waals surface area (Å²) in [6.45, 7) is 6.36. The fourth-order valence-corrected chi connectivity index (χ4v) is 2.18. The van der Waals surface area contributed by atoms with E-state index in [1.807, 2.05) is 38.1 Å². The van der Waals surface area contributed by atoms with Crippen molar-refractivity contribution >= 4 is 0 Å². The number of nitrogens with zero attached hydrogens (tertiary/aromatic N) is 2. The largest absolute Gasteiger partial charge is 0.494 e. The van der Waals surface area contributed by atoms with E-state index < -0.39 is 5.54 Å². The molecule has 22 heavy (non-hydrogen) atoms. The lowest BCUT2D eigenvalue weighted by atomic mass is 9.96. The Balaban J connectivity index is 2.49. The molecule has 0 fully saturated rings. The lowest BCUT2D eigenvalue weighted by molar-refractivity contribution is 0.317. The van der Waals surface area contributed by atoms with Crippen molar-refractivity contribution in [2.24, 2.45) is 12.8 Å². The van der Waals surface area contributed by atoms with Crippen LogP contribution in [0.3, 0.4) is 0 Å². The van der Waals surface area contributed by atoms with E-state index in [9.17, 15) is 4.79 Å². The third kappa shape index (κ3) is 3.54. The molecule has 2 aromatic rings. The van der Waals surface area contributed by atoms with Gasteiger partial charge in [0.1, 0.15) is 5.75 Å². The number of hydrogen-bond acceptors (Lipinski definition) is 4. The number of ether oxygens (including phenoxy) is 1. The maximum atomic E-state index is 12.2. The number of benzene rings is 1. The molecule has 0 aliphatic heterocycles. The standard InChI is InChI=1S/C17H23N3O2/c1-5-9-22-13-8-6-7-12(10-13)15-11-14(17(2,3)18)16(21)20(4)19-15/h6-8,10-11H,5,9,18H2,1-4H3. The number of aryl methyl sites for hydroxylation is 1. The number of nitrogens with two attached hydrogens (primary N) is 1. The van der Waals surface area contributed by atoms with Crippen LogP contribution in [0.15, 0.2) is 35.1 Å². The molecule has 0 spiro atoms. The van der Waals surface area contributed by atoms with E-state index in [2.05, 4.69) is 12.0 Å². The van der Waals surface area contributed by atoms with Gasteiger partial charge in [0.25, 0.3) is 5.56 Å². The zero-order valence-electron chi connectivity index (χ0n) is 13.6. The van der Waals surface area contributed by atoms with Crippen molar-refractivity contribution in [1.82, 2.24) is 9.78 Å². The highest BCUT2D eigenvalue weighted by atomic mass is 16.5. The zero-order valence-corrected chi connectivity index (χ0v) is 13.6. The van der Waals surface area contributed by atoms with E-state index in [0.29, 0.717) is 17.9 Å². The minimum Gasteiger partial charge on any atom is -0.494 e. The minimum absolute atomic E-state index is 0.172. The Morgan fingerprint density at radius 2 is 2.05 bits per heavy atom. The lowest BCUT2D eigenvalue weighted by Gasteiger charge is -2.19. The van der Waals surface area contributed by atoms with Gasteiger partial charge >= 0.3 is 0 Å². The van der Waals surface area contributed by atoms with Crippen LogP contribution in [0.25, 0.3) is 11.3 Å². The molecule has 0 atom stereocenters. The van der Waals surface area contributed by atoms with Gasteiger partial charge in [-0.3, -0.25) is 4.79 Å². The summed E-state index contributed by atoms with van der Waals surface area (Å²) in [6.07, 6.45) is 0.952. The van der Waals surface area contributed by atoms with Crippen molar-refractivity contribution in [2.75, 3.05) is 6.61 Å². The van der Waals surface area contributed by atoms with Crippen molar-refractivity contribution in [3.63, 3.8) is 0 Å². The maximum absolute atomic E-state index is 12.2. The van der Waals surface area contributed by atoms with Crippen LogP contribution in [-0.4, -0.2) is 16.4 Å². The molecule has 0 bridgehead atoms. The summed E-state index contributed by atoms with van der Waals surface area (Å²) >= 11 is 0. The first-order valence-electron chi connectivity index (χ1n) is 7.44. The summed E-state index contributed by atoms with van der Waals surface area (Å²) in [7, 11) is 1.64. The van der Waals surface area contributed by atoms with E-state index in [1.54, 1.807) is 13.1 Å². The van der Waals surface area contributed by atoms with Crippen LogP contribution in [0, 0.1) is 0 Å². The Bertz CT molecular complexity index is 715. The molecule has 1 aromatic carbocycles. The van der Waals surface area contributed by atoms with Crippen LogP contribution in [-0.2, 0) is 12.6 Å². The Morgan fingerprint density at radius 1 is 1.32 bits per heavy atom. The summed E-state index contributed by atoms with van der Waals surface area (Å²) in [5.74, 6) is 0.795. The first kappa shape index (κ1) is 16.2. The van der Waals surface area contributed by atoms with Gasteiger partial charge in [-0.05, 0) is 38.5 Å². The van der Waals surface area contributed by atoms with Gasteiger partial charge in [0.05, 0.1) is 12.3 Å². The summed E-state index contributed by atoms with van der Waals surface area (Å²) < 4.78 is 6.98. The predicted molar refractivity (Wildman–Crippen MR) is 87.9 cm³/mol. The second-order valence-electron chi connectivity index (χ2n) is 5.97. The van der Waals surface area contributed by atoms with E-state index in [1.165, 1.54) is 4.68 Å². The third-order valence-corrected chi connectivity index (χ3v) is 3.36. The summed E-state index contributed by atoms with van der Waals surface area (Å²) in [4.78, 5) is 12.2. The Labute approximate surface area is 130 Å². The highest BCUT2D eigenvalue weighted by molar-refractivity contribution is 5.61. The molecule has 0 aliphatic rings. The Morgan fingerprint density at radius 3 is 2.68 bits per heavy atom. The van der Waals surface area contributed by atoms with Crippen LogP contribution >= 0.6 is 0 Å². The van der Waals surface area contributed by atoms with Gasteiger partial charge in [-0.25, -0.2) is 4.68 Å². The molecule has 0 radical (unpaired) electrons. The summed E-state index contributed by atoms with van der Waals surface area (Å²) in [6, 6.07) is 9.46. The Kier molecular flexibility index (Phi) is 4.66. The first-order chi connectivity index (χ1) is 10.3. The summed E-state index contributed by atoms with van der Waals surface area (Å²) in [5, 5.41) is 4.33. The van der Waals surface area contributed by atoms with E-state index >= 15 is 0 Å². The second kappa shape index (κ2) is 6.32. The van der Waals surface area contributed by atoms with Gasteiger partial charge in [0, 0.05) is 23.7 Å². The molecule has 2 rings (SSSR count). The third-order valence-electron chi connectivity index (χ3n) is 3.36. The fraction of sp³-hybridized carbons (Fsp3) is 0.412. The molecule has 0 saturated carbocycles. The van der Waals surface area contributed by atoms with Crippen molar-refractivity contribution in [2.45, 2.75) is 32.7 Å². The van der Waals surface area contributed by atoms with Crippen LogP contribution in [0.4, 0.5) is 0 Å². The van der Waals surface area contributed by atoms with Crippen LogP contribution in [0.5, 0.6) is 5.75 Å². The first-order valence-corrected chi connectivity index (χ1v) is 7.44. The molecule has 0 unspecified atom stereocenters. The molecular weight excluding hydrogens is 278 g/mol. The smallest absolute Gasteiger partial charge is 0.271 e. The van der Waals surface area contributed by atoms with E-state index in [-0.39, 0.29) is 5.56 Å². The quantitative estimate of drug-likeness (QED) is 0.921. The van der Waals surface area contributed by atoms with Crippen molar-refractivity contribution < 1.29 is 4.74 Å². The predicted octanol–water partition coefficient (Wildman–Crippen LogP) is 2.43. The lowest BCUT2D eigenvalue weighted by Crippen LogP contribution is -2.38. The molecular formula is C17H23N3O2. The van der Waals surface area contributed by atoms with Gasteiger partial charge in [-0.1, -0.05) is 19.1 Å². The highest BCUT2D eigenvalue weighted by Crippen LogP contribution is 2.24. The van der Waals surface area contributed by atoms with Gasteiger partial charge in [-0.2, -0.15) is 5.10 Å². The molecule has 1 aromatic heterocycles. The van der Waals surface area contributed by atoms with E-state index in [4.69, 9.17) is 10.5 Å². The normalized spacial score (nSPS) is 11.5. The average molecular weight is 301 g/mol. The molecule has 5 nitrogen and oxygen atoms in total. The second-order valence-corrected chi connectivity index (χ2v) is 5.97. The number of aromatic nitrogens is 2. The number of hydrogen-bond donors (Lipinski definition) is 1. The monoisotopic (exact) mass is 301 g/mol. The molecule has 0 amide bonds. The number of rotatable bonds is 5. The van der Waals surface area contributed by atoms with Crippen molar-refractivity contribution in [3.8, 4) is 17.0 Å². The van der Waals surface area contributed by atoms with Gasteiger partial charge in [-0.15, -0.1) is 0 Å². The van der Waals surface area contributed by atoms with Gasteiger partial charge in [0.15, 0.2) is 0 Å². The molecule has 118 valence electrons. The molecule has 2 N–H and O–H groups in total. The molecule has 0 saturated heterocycles. The van der Waals surface area contributed by atoms with Gasteiger partial charge in [0.2, 0.25) is 0 Å². The SMILES string of the molecule is CCCOc1cccc(-c2cc(C(C)(C)N)c(=O)n(C)n2)c1. The minimum atomic E-state index is -0.719. The highest BCUT2D eigenvalue weighted by Gasteiger charge is 2.21. The summed E-state index contributed by atoms with van der Waals surface area (Å²) in [5.41, 5.74) is 7.36. The topological polar surface area (TPSA) is 70.1 Å². The van der Waals surface area contributed by atoms with Crippen molar-refractivity contribution in [3.05, 3.63) is 46.2 Å². The van der Waals surface area contributed by atoms with Crippen LogP contribution < -0.4 is 16.0 Å². The zero-order chi connectivity index (χ0) is 16.3.